The van der Waals surface area contributed by atoms with Crippen LogP contribution in [0.1, 0.15) is 57.7 Å². The van der Waals surface area contributed by atoms with Crippen LogP contribution in [0.4, 0.5) is 4.39 Å². The smallest absolute Gasteiger partial charge is 0.141 e. The van der Waals surface area contributed by atoms with E-state index in [4.69, 9.17) is 4.99 Å². The van der Waals surface area contributed by atoms with Gasteiger partial charge in [-0.15, -0.1) is 0 Å². The maximum Gasteiger partial charge on any atom is 0.141 e. The molecule has 1 heterocycles. The van der Waals surface area contributed by atoms with Crippen LogP contribution in [-0.4, -0.2) is 6.21 Å². The summed E-state index contributed by atoms with van der Waals surface area (Å²) in [6.45, 7) is 4.24. The summed E-state index contributed by atoms with van der Waals surface area (Å²) in [5.74, 6) is -0.510. The van der Waals surface area contributed by atoms with E-state index in [2.05, 4.69) is 151 Å². The molecule has 43 heavy (non-hydrogen) atoms. The minimum atomic E-state index is -0.452. The Morgan fingerprint density at radius 2 is 1.23 bits per heavy atom. The zero-order valence-corrected chi connectivity index (χ0v) is 26.1. The van der Waals surface area contributed by atoms with Crippen LogP contribution in [0.5, 0.6) is 0 Å². The normalized spacial score (nSPS) is 15.9. The predicted octanol–water partition coefficient (Wildman–Crippen LogP) is 10.7. The van der Waals surface area contributed by atoms with E-state index in [1.807, 2.05) is 12.1 Å². The average molecular weight is 629 g/mol. The third kappa shape index (κ3) is 5.43. The molecule has 0 bridgehead atoms. The second-order valence-electron chi connectivity index (χ2n) is 11.4. The third-order valence-electron chi connectivity index (χ3n) is 9.02. The van der Waals surface area contributed by atoms with Gasteiger partial charge < -0.3 is 0 Å². The van der Waals surface area contributed by atoms with Crippen molar-refractivity contribution in [2.45, 2.75) is 38.0 Å². The maximum atomic E-state index is 15.8. The lowest BCUT2D eigenvalue weighted by Crippen LogP contribution is -2.39. The van der Waals surface area contributed by atoms with Crippen molar-refractivity contribution >= 4 is 22.1 Å². The Kier molecular flexibility index (Phi) is 8.54. The molecule has 1 aliphatic rings. The summed E-state index contributed by atoms with van der Waals surface area (Å²) in [5, 5.41) is 0. The molecule has 6 rings (SSSR count). The quantitative estimate of drug-likeness (QED) is 0.159. The lowest BCUT2D eigenvalue weighted by molar-refractivity contribution is 0.457. The number of allylic oxidation sites excluding steroid dienone is 2. The summed E-state index contributed by atoms with van der Waals surface area (Å²) in [5.41, 5.74) is 8.19. The van der Waals surface area contributed by atoms with E-state index in [0.29, 0.717) is 10.0 Å². The molecule has 0 radical (unpaired) electrons. The molecular weight excluding hydrogens is 593 g/mol. The molecule has 2 atom stereocenters. The first-order chi connectivity index (χ1) is 21.0. The highest BCUT2D eigenvalue weighted by Crippen LogP contribution is 2.48. The Balaban J connectivity index is 1.54. The average Bonchev–Trinajstić information content (AvgIpc) is 3.30. The molecule has 5 aromatic carbocycles. The van der Waals surface area contributed by atoms with Gasteiger partial charge in [-0.2, -0.15) is 0 Å². The van der Waals surface area contributed by atoms with Crippen LogP contribution in [0.25, 0.3) is 0 Å². The number of halogens is 2. The second kappa shape index (κ2) is 12.7. The lowest BCUT2D eigenvalue weighted by Gasteiger charge is -2.41. The molecule has 2 unspecified atom stereocenters. The van der Waals surface area contributed by atoms with E-state index in [9.17, 15) is 0 Å². The van der Waals surface area contributed by atoms with Gasteiger partial charge in [0.05, 0.1) is 15.8 Å². The molecule has 0 saturated carbocycles. The molecule has 0 spiro atoms. The largest absolute Gasteiger partial charge is 0.265 e. The molecule has 1 aliphatic heterocycles. The fourth-order valence-electron chi connectivity index (χ4n) is 6.80. The van der Waals surface area contributed by atoms with Crippen LogP contribution in [-0.2, 0) is 5.41 Å². The second-order valence-corrected chi connectivity index (χ2v) is 12.2. The van der Waals surface area contributed by atoms with Crippen molar-refractivity contribution in [3.8, 4) is 0 Å². The number of aliphatic imine (C=N–C) groups is 1. The first-order valence-corrected chi connectivity index (χ1v) is 15.7. The zero-order valence-electron chi connectivity index (χ0n) is 24.6. The molecular formula is C40H35BrFN. The highest BCUT2D eigenvalue weighted by atomic mass is 79.9. The van der Waals surface area contributed by atoms with Gasteiger partial charge in [0.2, 0.25) is 0 Å². The van der Waals surface area contributed by atoms with Gasteiger partial charge in [0.25, 0.3) is 0 Å². The van der Waals surface area contributed by atoms with Crippen molar-refractivity contribution in [1.29, 1.82) is 0 Å². The number of hydrogen-bond acceptors (Lipinski definition) is 1. The van der Waals surface area contributed by atoms with Crippen molar-refractivity contribution < 1.29 is 4.39 Å². The van der Waals surface area contributed by atoms with Crippen LogP contribution in [0.3, 0.4) is 0 Å². The minimum Gasteiger partial charge on any atom is -0.265 e. The van der Waals surface area contributed by atoms with Crippen LogP contribution in [0.2, 0.25) is 0 Å². The van der Waals surface area contributed by atoms with Gasteiger partial charge in [0.15, 0.2) is 0 Å². The number of nitrogens with zero attached hydrogens (tertiary/aromatic N) is 1. The molecule has 1 nitrogen and oxygen atoms in total. The predicted molar refractivity (Wildman–Crippen MR) is 180 cm³/mol. The number of aryl methyl sites for hydroxylation is 1. The van der Waals surface area contributed by atoms with Crippen molar-refractivity contribution in [3.05, 3.63) is 188 Å². The molecule has 0 amide bonds. The fraction of sp³-hybridized carbons (Fsp3) is 0.175. The van der Waals surface area contributed by atoms with Crippen LogP contribution < -0.4 is 0 Å². The standard InChI is InChI=1S/C40H35BrFN/c1-28-15-12-23-34(29(28)2)38(35-24-14-25-36(41)39(35)42)37-26-13-22-33(27-43-37)40(30-16-6-3-7-17-30,31-18-8-4-9-19-31)32-20-10-5-11-21-32/h3-12,14-21,23-27,33,38H,13,22H2,1-2H3. The van der Waals surface area contributed by atoms with Crippen molar-refractivity contribution in [3.63, 3.8) is 0 Å². The number of rotatable bonds is 7. The molecule has 0 aliphatic carbocycles. The van der Waals surface area contributed by atoms with Gasteiger partial charge >= 0.3 is 0 Å². The van der Waals surface area contributed by atoms with Gasteiger partial charge in [-0.1, -0.05) is 127 Å². The van der Waals surface area contributed by atoms with E-state index in [1.54, 1.807) is 6.07 Å². The van der Waals surface area contributed by atoms with Crippen molar-refractivity contribution in [2.75, 3.05) is 0 Å². The Hall–Kier alpha value is -4.08. The Morgan fingerprint density at radius 3 is 1.81 bits per heavy atom. The number of hydrogen-bond donors (Lipinski definition) is 0. The summed E-state index contributed by atoms with van der Waals surface area (Å²) < 4.78 is 16.3. The van der Waals surface area contributed by atoms with Crippen LogP contribution in [0, 0.1) is 25.6 Å². The van der Waals surface area contributed by atoms with E-state index in [1.165, 1.54) is 22.3 Å². The highest BCUT2D eigenvalue weighted by Gasteiger charge is 2.43. The van der Waals surface area contributed by atoms with E-state index in [-0.39, 0.29) is 17.7 Å². The topological polar surface area (TPSA) is 12.4 Å². The summed E-state index contributed by atoms with van der Waals surface area (Å²) in [6.07, 6.45) is 6.10. The first kappa shape index (κ1) is 29.0. The van der Waals surface area contributed by atoms with Gasteiger partial charge in [0, 0.05) is 23.4 Å². The van der Waals surface area contributed by atoms with Gasteiger partial charge in [-0.3, -0.25) is 4.99 Å². The summed E-state index contributed by atoms with van der Waals surface area (Å²) in [4.78, 5) is 5.30. The van der Waals surface area contributed by atoms with E-state index >= 15 is 4.39 Å². The zero-order chi connectivity index (χ0) is 29.8. The first-order valence-electron chi connectivity index (χ1n) is 14.9. The fourth-order valence-corrected chi connectivity index (χ4v) is 7.18. The number of benzene rings is 5. The molecule has 0 N–H and O–H groups in total. The van der Waals surface area contributed by atoms with Gasteiger partial charge in [-0.05, 0) is 82.1 Å². The Labute approximate surface area is 263 Å². The summed E-state index contributed by atoms with van der Waals surface area (Å²) in [7, 11) is 0. The third-order valence-corrected chi connectivity index (χ3v) is 9.64. The van der Waals surface area contributed by atoms with Gasteiger partial charge in [-0.25, -0.2) is 4.39 Å². The van der Waals surface area contributed by atoms with Gasteiger partial charge in [0.1, 0.15) is 5.82 Å². The highest BCUT2D eigenvalue weighted by molar-refractivity contribution is 9.10. The summed E-state index contributed by atoms with van der Waals surface area (Å²) in [6, 6.07) is 44.3. The van der Waals surface area contributed by atoms with Crippen LogP contribution in [0.15, 0.2) is 149 Å². The lowest BCUT2D eigenvalue weighted by atomic mass is 9.61. The molecule has 214 valence electrons. The van der Waals surface area contributed by atoms with E-state index < -0.39 is 5.41 Å². The van der Waals surface area contributed by atoms with Crippen molar-refractivity contribution in [2.24, 2.45) is 10.9 Å². The van der Waals surface area contributed by atoms with Crippen molar-refractivity contribution in [1.82, 2.24) is 0 Å². The van der Waals surface area contributed by atoms with E-state index in [0.717, 1.165) is 29.7 Å². The molecule has 0 saturated heterocycles. The minimum absolute atomic E-state index is 0.0556. The Morgan fingerprint density at radius 1 is 0.698 bits per heavy atom. The molecule has 0 fully saturated rings. The molecule has 0 aromatic heterocycles. The molecule has 3 heteroatoms. The molecule has 5 aromatic rings. The Bertz CT molecular complexity index is 1610. The maximum absolute atomic E-state index is 15.8. The monoisotopic (exact) mass is 627 g/mol. The summed E-state index contributed by atoms with van der Waals surface area (Å²) >= 11 is 3.44. The SMILES string of the molecule is Cc1cccc(C(C2=CCCC(C(c3ccccc3)(c3ccccc3)c3ccccc3)C=N2)c2cccc(Br)c2F)c1C. The van der Waals surface area contributed by atoms with Crippen LogP contribution >= 0.6 is 15.9 Å².